The Hall–Kier alpha value is -1.92. The lowest BCUT2D eigenvalue weighted by Crippen LogP contribution is -2.40. The molecule has 1 saturated heterocycles. The molecule has 146 valence electrons. The van der Waals surface area contributed by atoms with E-state index in [4.69, 9.17) is 4.74 Å². The van der Waals surface area contributed by atoms with Crippen molar-refractivity contribution in [1.82, 2.24) is 10.2 Å². The number of benzene rings is 1. The van der Waals surface area contributed by atoms with Crippen molar-refractivity contribution in [3.05, 3.63) is 52.0 Å². The Morgan fingerprint density at radius 2 is 2.15 bits per heavy atom. The van der Waals surface area contributed by atoms with Crippen molar-refractivity contribution in [2.24, 2.45) is 5.92 Å². The van der Waals surface area contributed by atoms with Crippen LogP contribution >= 0.6 is 11.3 Å². The zero-order valence-corrected chi connectivity index (χ0v) is 16.6. The molecule has 2 heterocycles. The summed E-state index contributed by atoms with van der Waals surface area (Å²) < 4.78 is 19.2. The summed E-state index contributed by atoms with van der Waals surface area (Å²) in [7, 11) is 1.61. The Morgan fingerprint density at radius 3 is 2.85 bits per heavy atom. The number of carbonyl (C=O) groups is 1. The Kier molecular flexibility index (Phi) is 7.24. The maximum absolute atomic E-state index is 14.0. The first kappa shape index (κ1) is 19.8. The van der Waals surface area contributed by atoms with Crippen molar-refractivity contribution >= 4 is 17.2 Å². The second kappa shape index (κ2) is 9.85. The van der Waals surface area contributed by atoms with Gasteiger partial charge in [0.1, 0.15) is 11.6 Å². The second-order valence-electron chi connectivity index (χ2n) is 7.05. The molecule has 0 aliphatic carbocycles. The molecule has 0 spiro atoms. The third kappa shape index (κ3) is 6.04. The fourth-order valence-electron chi connectivity index (χ4n) is 3.55. The number of thiophene rings is 1. The number of likely N-dealkylation sites (tertiary alicyclic amines) is 1. The summed E-state index contributed by atoms with van der Waals surface area (Å²) in [4.78, 5) is 15.4. The highest BCUT2D eigenvalue weighted by Crippen LogP contribution is 2.25. The van der Waals surface area contributed by atoms with E-state index in [2.05, 4.69) is 10.2 Å². The molecule has 0 atom stereocenters. The normalized spacial score (nSPS) is 15.6. The third-order valence-electron chi connectivity index (χ3n) is 5.13. The highest BCUT2D eigenvalue weighted by molar-refractivity contribution is 7.10. The largest absolute Gasteiger partial charge is 0.497 e. The highest BCUT2D eigenvalue weighted by atomic mass is 32.1. The van der Waals surface area contributed by atoms with Crippen LogP contribution in [0.1, 0.15) is 23.3 Å². The summed E-state index contributed by atoms with van der Waals surface area (Å²) in [5.74, 6) is 1.14. The van der Waals surface area contributed by atoms with Crippen LogP contribution < -0.4 is 10.1 Å². The van der Waals surface area contributed by atoms with Crippen LogP contribution in [0.25, 0.3) is 0 Å². The lowest BCUT2D eigenvalue weighted by molar-refractivity contribution is -0.120. The molecule has 1 N–H and O–H groups in total. The summed E-state index contributed by atoms with van der Waals surface area (Å²) >= 11 is 1.61. The van der Waals surface area contributed by atoms with E-state index in [0.29, 0.717) is 24.6 Å². The number of carbonyl (C=O) groups excluding carboxylic acids is 1. The Labute approximate surface area is 164 Å². The van der Waals surface area contributed by atoms with Gasteiger partial charge in [-0.3, -0.25) is 4.79 Å². The van der Waals surface area contributed by atoms with E-state index < -0.39 is 0 Å². The number of hydrogen-bond donors (Lipinski definition) is 1. The quantitative estimate of drug-likeness (QED) is 0.750. The molecular weight excluding hydrogens is 363 g/mol. The number of hydrogen-bond acceptors (Lipinski definition) is 4. The van der Waals surface area contributed by atoms with E-state index in [0.717, 1.165) is 49.3 Å². The number of ether oxygens (including phenoxy) is 1. The number of piperidine rings is 1. The average Bonchev–Trinajstić information content (AvgIpc) is 3.18. The van der Waals surface area contributed by atoms with Gasteiger partial charge in [0.25, 0.3) is 0 Å². The molecule has 1 amide bonds. The third-order valence-corrected chi connectivity index (χ3v) is 6.01. The van der Waals surface area contributed by atoms with Crippen molar-refractivity contribution in [2.75, 3.05) is 33.3 Å². The maximum atomic E-state index is 14.0. The van der Waals surface area contributed by atoms with Gasteiger partial charge in [-0.1, -0.05) is 6.07 Å². The standard InChI is InChI=1S/C21H27FN2O2S/c1-26-18-4-5-20(22)17(14-18)13-16-6-9-24(10-7-16)11-8-23-21(25)15-19-3-2-12-27-19/h2-5,12,14,16H,6-11,13,15H2,1H3,(H,23,25). The van der Waals surface area contributed by atoms with Crippen LogP contribution in [0.5, 0.6) is 5.75 Å². The van der Waals surface area contributed by atoms with Gasteiger partial charge >= 0.3 is 0 Å². The summed E-state index contributed by atoms with van der Waals surface area (Å²) in [5, 5.41) is 4.99. The summed E-state index contributed by atoms with van der Waals surface area (Å²) in [6, 6.07) is 8.91. The molecule has 1 aromatic heterocycles. The molecule has 4 nitrogen and oxygen atoms in total. The van der Waals surface area contributed by atoms with E-state index in [-0.39, 0.29) is 11.7 Å². The van der Waals surface area contributed by atoms with E-state index in [1.165, 1.54) is 6.07 Å². The molecule has 0 saturated carbocycles. The van der Waals surface area contributed by atoms with Gasteiger partial charge in [0.15, 0.2) is 0 Å². The van der Waals surface area contributed by atoms with Crippen LogP contribution in [0.3, 0.4) is 0 Å². The number of methoxy groups -OCH3 is 1. The van der Waals surface area contributed by atoms with Crippen LogP contribution in [0.15, 0.2) is 35.7 Å². The van der Waals surface area contributed by atoms with Crippen molar-refractivity contribution in [3.63, 3.8) is 0 Å². The molecular formula is C21H27FN2O2S. The first-order valence-electron chi connectivity index (χ1n) is 9.48. The van der Waals surface area contributed by atoms with Gasteiger partial charge < -0.3 is 15.0 Å². The predicted molar refractivity (Wildman–Crippen MR) is 107 cm³/mol. The highest BCUT2D eigenvalue weighted by Gasteiger charge is 2.20. The topological polar surface area (TPSA) is 41.6 Å². The van der Waals surface area contributed by atoms with Gasteiger partial charge in [0.05, 0.1) is 13.5 Å². The molecule has 6 heteroatoms. The fourth-order valence-corrected chi connectivity index (χ4v) is 4.25. The molecule has 1 fully saturated rings. The molecule has 0 radical (unpaired) electrons. The van der Waals surface area contributed by atoms with Crippen molar-refractivity contribution < 1.29 is 13.9 Å². The summed E-state index contributed by atoms with van der Waals surface area (Å²) in [5.41, 5.74) is 0.744. The van der Waals surface area contributed by atoms with Gasteiger partial charge in [-0.2, -0.15) is 0 Å². The monoisotopic (exact) mass is 390 g/mol. The van der Waals surface area contributed by atoms with Crippen LogP contribution in [-0.2, 0) is 17.6 Å². The Balaban J connectivity index is 1.36. The Morgan fingerprint density at radius 1 is 1.33 bits per heavy atom. The predicted octanol–water partition coefficient (Wildman–Crippen LogP) is 3.51. The first-order valence-corrected chi connectivity index (χ1v) is 10.4. The van der Waals surface area contributed by atoms with Gasteiger partial charge in [-0.25, -0.2) is 4.39 Å². The minimum atomic E-state index is -0.147. The average molecular weight is 391 g/mol. The second-order valence-corrected chi connectivity index (χ2v) is 8.08. The minimum Gasteiger partial charge on any atom is -0.497 e. The first-order chi connectivity index (χ1) is 13.1. The molecule has 3 rings (SSSR count). The van der Waals surface area contributed by atoms with Crippen LogP contribution in [0, 0.1) is 11.7 Å². The van der Waals surface area contributed by atoms with Crippen molar-refractivity contribution in [1.29, 1.82) is 0 Å². The lowest BCUT2D eigenvalue weighted by atomic mass is 9.90. The smallest absolute Gasteiger partial charge is 0.225 e. The number of halogens is 1. The summed E-state index contributed by atoms with van der Waals surface area (Å²) in [6.45, 7) is 3.55. The number of nitrogens with one attached hydrogen (secondary N) is 1. The number of nitrogens with zero attached hydrogens (tertiary/aromatic N) is 1. The lowest BCUT2D eigenvalue weighted by Gasteiger charge is -2.32. The Bertz CT molecular complexity index is 728. The minimum absolute atomic E-state index is 0.0841. The van der Waals surface area contributed by atoms with Gasteiger partial charge in [-0.05, 0) is 73.5 Å². The molecule has 0 unspecified atom stereocenters. The maximum Gasteiger partial charge on any atom is 0.225 e. The molecule has 27 heavy (non-hydrogen) atoms. The van der Waals surface area contributed by atoms with Gasteiger partial charge in [0.2, 0.25) is 5.91 Å². The zero-order chi connectivity index (χ0) is 19.1. The van der Waals surface area contributed by atoms with E-state index in [9.17, 15) is 9.18 Å². The van der Waals surface area contributed by atoms with Crippen LogP contribution in [0.2, 0.25) is 0 Å². The molecule has 1 aromatic carbocycles. The molecule has 0 bridgehead atoms. The van der Waals surface area contributed by atoms with Crippen molar-refractivity contribution in [2.45, 2.75) is 25.7 Å². The van der Waals surface area contributed by atoms with E-state index in [1.807, 2.05) is 23.6 Å². The van der Waals surface area contributed by atoms with E-state index in [1.54, 1.807) is 24.5 Å². The van der Waals surface area contributed by atoms with Gasteiger partial charge in [0, 0.05) is 18.0 Å². The van der Waals surface area contributed by atoms with Crippen LogP contribution in [-0.4, -0.2) is 44.1 Å². The van der Waals surface area contributed by atoms with Crippen molar-refractivity contribution in [3.8, 4) is 5.75 Å². The fraction of sp³-hybridized carbons (Fsp3) is 0.476. The molecule has 1 aliphatic rings. The van der Waals surface area contributed by atoms with Gasteiger partial charge in [-0.15, -0.1) is 11.3 Å². The zero-order valence-electron chi connectivity index (χ0n) is 15.7. The SMILES string of the molecule is COc1ccc(F)c(CC2CCN(CCNC(=O)Cc3cccs3)CC2)c1. The molecule has 1 aliphatic heterocycles. The van der Waals surface area contributed by atoms with Crippen LogP contribution in [0.4, 0.5) is 4.39 Å². The molecule has 2 aromatic rings. The number of rotatable bonds is 8. The van der Waals surface area contributed by atoms with E-state index >= 15 is 0 Å². The summed E-state index contributed by atoms with van der Waals surface area (Å²) in [6.07, 6.45) is 3.33. The number of amides is 1.